The standard InChI is InChI=1S/C18H14N4O4S/c23-21(24)13-7-12(8-14(10-13)22(25)26)19-11-5-6-16-18(9-11)27-17-4-2-1-3-15(17)20-16/h1-8,10-11,19-20H,9H2. The van der Waals surface area contributed by atoms with Gasteiger partial charge in [-0.05, 0) is 18.2 Å². The molecular weight excluding hydrogens is 368 g/mol. The van der Waals surface area contributed by atoms with Crippen LogP contribution < -0.4 is 10.6 Å². The van der Waals surface area contributed by atoms with Crippen molar-refractivity contribution in [2.24, 2.45) is 0 Å². The van der Waals surface area contributed by atoms with Crippen molar-refractivity contribution in [3.8, 4) is 0 Å². The van der Waals surface area contributed by atoms with Gasteiger partial charge in [0.25, 0.3) is 11.4 Å². The number of nitrogens with one attached hydrogen (secondary N) is 2. The Morgan fingerprint density at radius 1 is 1.07 bits per heavy atom. The van der Waals surface area contributed by atoms with Crippen molar-refractivity contribution >= 4 is 34.5 Å². The van der Waals surface area contributed by atoms with Crippen molar-refractivity contribution in [2.45, 2.75) is 17.4 Å². The van der Waals surface area contributed by atoms with Gasteiger partial charge in [-0.1, -0.05) is 30.0 Å². The van der Waals surface area contributed by atoms with Crippen molar-refractivity contribution in [3.05, 3.63) is 85.4 Å². The highest BCUT2D eigenvalue weighted by Crippen LogP contribution is 2.43. The smallest absolute Gasteiger partial charge is 0.278 e. The van der Waals surface area contributed by atoms with Crippen LogP contribution in [0.4, 0.5) is 22.7 Å². The number of allylic oxidation sites excluding steroid dienone is 1. The number of nitrogens with zero attached hydrogens (tertiary/aromatic N) is 2. The van der Waals surface area contributed by atoms with E-state index in [0.29, 0.717) is 12.1 Å². The molecule has 1 unspecified atom stereocenters. The molecular formula is C18H14N4O4S. The summed E-state index contributed by atoms with van der Waals surface area (Å²) in [6.45, 7) is 0. The van der Waals surface area contributed by atoms with Crippen molar-refractivity contribution in [1.29, 1.82) is 0 Å². The third kappa shape index (κ3) is 3.49. The lowest BCUT2D eigenvalue weighted by atomic mass is 10.1. The lowest BCUT2D eigenvalue weighted by molar-refractivity contribution is -0.394. The Balaban J connectivity index is 1.54. The number of hydrogen-bond donors (Lipinski definition) is 2. The Morgan fingerprint density at radius 2 is 1.78 bits per heavy atom. The first-order valence-electron chi connectivity index (χ1n) is 8.15. The summed E-state index contributed by atoms with van der Waals surface area (Å²) < 4.78 is 0. The summed E-state index contributed by atoms with van der Waals surface area (Å²) in [7, 11) is 0. The number of anilines is 2. The number of nitro groups is 2. The fourth-order valence-electron chi connectivity index (χ4n) is 3.03. The number of thioether (sulfide) groups is 1. The van der Waals surface area contributed by atoms with Gasteiger partial charge >= 0.3 is 0 Å². The van der Waals surface area contributed by atoms with E-state index in [9.17, 15) is 20.2 Å². The summed E-state index contributed by atoms with van der Waals surface area (Å²) in [4.78, 5) is 23.1. The molecule has 9 heteroatoms. The summed E-state index contributed by atoms with van der Waals surface area (Å²) in [6.07, 6.45) is 4.59. The molecule has 0 spiro atoms. The van der Waals surface area contributed by atoms with E-state index in [2.05, 4.69) is 10.6 Å². The number of fused-ring (bicyclic) bond motifs is 1. The molecule has 2 N–H and O–H groups in total. The molecule has 1 aliphatic carbocycles. The third-order valence-electron chi connectivity index (χ3n) is 4.27. The second-order valence-corrected chi connectivity index (χ2v) is 7.26. The minimum absolute atomic E-state index is 0.120. The predicted molar refractivity (Wildman–Crippen MR) is 104 cm³/mol. The van der Waals surface area contributed by atoms with Crippen LogP contribution in [0.1, 0.15) is 6.42 Å². The first kappa shape index (κ1) is 17.1. The number of rotatable bonds is 4. The van der Waals surface area contributed by atoms with Gasteiger partial charge < -0.3 is 10.6 Å². The summed E-state index contributed by atoms with van der Waals surface area (Å²) in [5, 5.41) is 28.6. The van der Waals surface area contributed by atoms with E-state index >= 15 is 0 Å². The van der Waals surface area contributed by atoms with Crippen LogP contribution in [-0.2, 0) is 0 Å². The van der Waals surface area contributed by atoms with Crippen molar-refractivity contribution < 1.29 is 9.85 Å². The summed E-state index contributed by atoms with van der Waals surface area (Å²) in [5.74, 6) is 0. The monoisotopic (exact) mass is 382 g/mol. The van der Waals surface area contributed by atoms with Crippen LogP contribution in [0.15, 0.2) is 70.1 Å². The van der Waals surface area contributed by atoms with Gasteiger partial charge in [0, 0.05) is 45.8 Å². The van der Waals surface area contributed by atoms with E-state index in [1.165, 1.54) is 12.1 Å². The van der Waals surface area contributed by atoms with Gasteiger partial charge in [0.05, 0.1) is 21.6 Å². The van der Waals surface area contributed by atoms with Crippen LogP contribution in [0.2, 0.25) is 0 Å². The van der Waals surface area contributed by atoms with E-state index in [-0.39, 0.29) is 17.4 Å². The predicted octanol–water partition coefficient (Wildman–Crippen LogP) is 4.67. The summed E-state index contributed by atoms with van der Waals surface area (Å²) >= 11 is 1.68. The Morgan fingerprint density at radius 3 is 2.48 bits per heavy atom. The first-order chi connectivity index (χ1) is 13.0. The molecule has 0 aromatic heterocycles. The molecule has 8 nitrogen and oxygen atoms in total. The molecule has 2 aliphatic rings. The van der Waals surface area contributed by atoms with E-state index in [4.69, 9.17) is 0 Å². The van der Waals surface area contributed by atoms with Gasteiger partial charge in [0.1, 0.15) is 0 Å². The largest absolute Gasteiger partial charge is 0.378 e. The fraction of sp³-hybridized carbons (Fsp3) is 0.111. The van der Waals surface area contributed by atoms with Crippen LogP contribution in [0.25, 0.3) is 0 Å². The van der Waals surface area contributed by atoms with E-state index in [0.717, 1.165) is 27.3 Å². The number of nitro benzene ring substituents is 2. The molecule has 0 bridgehead atoms. The third-order valence-corrected chi connectivity index (χ3v) is 5.48. The van der Waals surface area contributed by atoms with Crippen LogP contribution in [0.5, 0.6) is 0 Å². The molecule has 2 aromatic carbocycles. The summed E-state index contributed by atoms with van der Waals surface area (Å²) in [6, 6.07) is 11.5. The second kappa shape index (κ2) is 6.76. The maximum Gasteiger partial charge on any atom is 0.278 e. The van der Waals surface area contributed by atoms with Gasteiger partial charge in [0.15, 0.2) is 0 Å². The SMILES string of the molecule is O=[N+]([O-])c1cc(NC2C=CC3=C(C2)Sc2ccccc2N3)cc([N+](=O)[O-])c1. The average Bonchev–Trinajstić information content (AvgIpc) is 2.66. The van der Waals surface area contributed by atoms with Crippen LogP contribution in [0.3, 0.4) is 0 Å². The highest BCUT2D eigenvalue weighted by atomic mass is 32.2. The number of hydrogen-bond acceptors (Lipinski definition) is 7. The molecule has 0 saturated carbocycles. The minimum Gasteiger partial charge on any atom is -0.378 e. The second-order valence-electron chi connectivity index (χ2n) is 6.13. The normalized spacial score (nSPS) is 17.6. The number of benzene rings is 2. The zero-order valence-corrected chi connectivity index (χ0v) is 14.7. The zero-order valence-electron chi connectivity index (χ0n) is 13.9. The van der Waals surface area contributed by atoms with E-state index in [1.54, 1.807) is 11.8 Å². The fourth-order valence-corrected chi connectivity index (χ4v) is 4.16. The van der Waals surface area contributed by atoms with Crippen LogP contribution in [0, 0.1) is 20.2 Å². The van der Waals surface area contributed by atoms with Crippen molar-refractivity contribution in [3.63, 3.8) is 0 Å². The van der Waals surface area contributed by atoms with Crippen LogP contribution in [-0.4, -0.2) is 15.9 Å². The minimum atomic E-state index is -0.632. The molecule has 4 rings (SSSR count). The van der Waals surface area contributed by atoms with Gasteiger partial charge in [-0.25, -0.2) is 0 Å². The topological polar surface area (TPSA) is 110 Å². The maximum absolute atomic E-state index is 11.0. The lowest BCUT2D eigenvalue weighted by Gasteiger charge is -2.28. The lowest BCUT2D eigenvalue weighted by Crippen LogP contribution is -2.22. The molecule has 1 aliphatic heterocycles. The molecule has 136 valence electrons. The van der Waals surface area contributed by atoms with Crippen LogP contribution >= 0.6 is 11.8 Å². The van der Waals surface area contributed by atoms with Gasteiger partial charge in [0.2, 0.25) is 0 Å². The molecule has 0 radical (unpaired) electrons. The summed E-state index contributed by atoms with van der Waals surface area (Å²) in [5.41, 5.74) is 1.82. The molecule has 1 heterocycles. The Bertz CT molecular complexity index is 986. The van der Waals surface area contributed by atoms with E-state index in [1.807, 2.05) is 36.4 Å². The molecule has 27 heavy (non-hydrogen) atoms. The highest BCUT2D eigenvalue weighted by Gasteiger charge is 2.24. The molecule has 0 fully saturated rings. The number of non-ortho nitro benzene ring substituents is 2. The molecule has 2 aromatic rings. The quantitative estimate of drug-likeness (QED) is 0.584. The molecule has 1 atom stereocenters. The van der Waals surface area contributed by atoms with Gasteiger partial charge in [-0.2, -0.15) is 0 Å². The van der Waals surface area contributed by atoms with Gasteiger partial charge in [-0.15, -0.1) is 0 Å². The Kier molecular flexibility index (Phi) is 4.28. The zero-order chi connectivity index (χ0) is 19.0. The molecule has 0 saturated heterocycles. The maximum atomic E-state index is 11.0. The Labute approximate surface area is 158 Å². The first-order valence-corrected chi connectivity index (χ1v) is 8.97. The molecule has 0 amide bonds. The number of para-hydroxylation sites is 1. The van der Waals surface area contributed by atoms with E-state index < -0.39 is 9.85 Å². The average molecular weight is 382 g/mol. The van der Waals surface area contributed by atoms with Crippen molar-refractivity contribution in [1.82, 2.24) is 0 Å². The highest BCUT2D eigenvalue weighted by molar-refractivity contribution is 8.03. The van der Waals surface area contributed by atoms with Crippen molar-refractivity contribution in [2.75, 3.05) is 10.6 Å². The van der Waals surface area contributed by atoms with Gasteiger partial charge in [-0.3, -0.25) is 20.2 Å². The Hall–Kier alpha value is -3.33.